The van der Waals surface area contributed by atoms with Crippen LogP contribution in [0.5, 0.6) is 0 Å². The number of aliphatic hydroxyl groups excluding tert-OH is 2. The molecule has 0 aromatic heterocycles. The zero-order valence-corrected chi connectivity index (χ0v) is 13.3. The van der Waals surface area contributed by atoms with Crippen LogP contribution >= 0.6 is 0 Å². The number of hydrogen-bond donors (Lipinski definition) is 3. The van der Waals surface area contributed by atoms with Crippen LogP contribution in [-0.2, 0) is 0 Å². The molecule has 4 nitrogen and oxygen atoms in total. The van der Waals surface area contributed by atoms with Crippen LogP contribution in [0.4, 0.5) is 0 Å². The molecular weight excluding hydrogens is 240 g/mol. The number of rotatable bonds is 12. The second-order valence-corrected chi connectivity index (χ2v) is 5.96. The molecule has 0 heterocycles. The average molecular weight is 274 g/mol. The Labute approximate surface area is 119 Å². The molecule has 0 amide bonds. The first-order chi connectivity index (χ1) is 9.03. The summed E-state index contributed by atoms with van der Waals surface area (Å²) in [6.45, 7) is 13.5. The minimum Gasteiger partial charge on any atom is -0.395 e. The highest BCUT2D eigenvalue weighted by molar-refractivity contribution is 4.83. The molecule has 116 valence electrons. The molecule has 0 aliphatic rings. The van der Waals surface area contributed by atoms with Gasteiger partial charge in [-0.1, -0.05) is 27.7 Å². The highest BCUT2D eigenvalue weighted by atomic mass is 16.3. The molecule has 0 saturated heterocycles. The zero-order valence-electron chi connectivity index (χ0n) is 13.3. The van der Waals surface area contributed by atoms with E-state index < -0.39 is 0 Å². The van der Waals surface area contributed by atoms with Crippen molar-refractivity contribution in [2.24, 2.45) is 11.3 Å². The van der Waals surface area contributed by atoms with E-state index in [1.165, 1.54) is 0 Å². The lowest BCUT2D eigenvalue weighted by Gasteiger charge is -2.37. The molecule has 0 spiro atoms. The van der Waals surface area contributed by atoms with Gasteiger partial charge in [-0.25, -0.2) is 0 Å². The molecule has 19 heavy (non-hydrogen) atoms. The highest BCUT2D eigenvalue weighted by Crippen LogP contribution is 2.26. The molecule has 0 rings (SSSR count). The predicted octanol–water partition coefficient (Wildman–Crippen LogP) is 1.32. The van der Waals surface area contributed by atoms with Gasteiger partial charge in [0.05, 0.1) is 13.2 Å². The second-order valence-electron chi connectivity index (χ2n) is 5.96. The van der Waals surface area contributed by atoms with E-state index in [0.29, 0.717) is 19.0 Å². The normalized spacial score (nSPS) is 12.6. The number of nitrogens with zero attached hydrogens (tertiary/aromatic N) is 1. The molecule has 4 heteroatoms. The van der Waals surface area contributed by atoms with Gasteiger partial charge in [-0.15, -0.1) is 0 Å². The van der Waals surface area contributed by atoms with Crippen LogP contribution in [0.1, 0.15) is 40.5 Å². The Morgan fingerprint density at radius 1 is 1.05 bits per heavy atom. The number of hydrogen-bond acceptors (Lipinski definition) is 4. The van der Waals surface area contributed by atoms with Crippen molar-refractivity contribution in [3.8, 4) is 0 Å². The van der Waals surface area contributed by atoms with Gasteiger partial charge >= 0.3 is 0 Å². The van der Waals surface area contributed by atoms with Crippen molar-refractivity contribution in [2.75, 3.05) is 45.9 Å². The molecule has 0 bridgehead atoms. The lowest BCUT2D eigenvalue weighted by molar-refractivity contribution is 0.0961. The third-order valence-electron chi connectivity index (χ3n) is 3.94. The van der Waals surface area contributed by atoms with Crippen LogP contribution in [0.2, 0.25) is 0 Å². The lowest BCUT2D eigenvalue weighted by atomic mass is 9.81. The van der Waals surface area contributed by atoms with E-state index >= 15 is 0 Å². The van der Waals surface area contributed by atoms with E-state index in [-0.39, 0.29) is 18.6 Å². The van der Waals surface area contributed by atoms with Crippen molar-refractivity contribution in [1.29, 1.82) is 0 Å². The van der Waals surface area contributed by atoms with Gasteiger partial charge in [0.15, 0.2) is 0 Å². The standard InChI is InChI=1S/C15H34N2O2/c1-5-15(6-2,12-16-11-14(3)4)13-17(7-9-18)8-10-19/h14,16,18-19H,5-13H2,1-4H3. The van der Waals surface area contributed by atoms with E-state index in [2.05, 4.69) is 37.9 Å². The van der Waals surface area contributed by atoms with Gasteiger partial charge in [-0.2, -0.15) is 0 Å². The topological polar surface area (TPSA) is 55.7 Å². The molecule has 0 aliphatic carbocycles. The van der Waals surface area contributed by atoms with E-state index in [1.807, 2.05) is 0 Å². The van der Waals surface area contributed by atoms with Crippen LogP contribution in [-0.4, -0.2) is 61.1 Å². The third-order valence-corrected chi connectivity index (χ3v) is 3.94. The van der Waals surface area contributed by atoms with E-state index in [9.17, 15) is 0 Å². The van der Waals surface area contributed by atoms with E-state index in [4.69, 9.17) is 10.2 Å². The van der Waals surface area contributed by atoms with Gasteiger partial charge in [0.1, 0.15) is 0 Å². The van der Waals surface area contributed by atoms with Crippen molar-refractivity contribution in [3.05, 3.63) is 0 Å². The first-order valence-corrected chi connectivity index (χ1v) is 7.68. The third kappa shape index (κ3) is 7.88. The number of aliphatic hydroxyl groups is 2. The maximum absolute atomic E-state index is 9.12. The first-order valence-electron chi connectivity index (χ1n) is 7.68. The molecule has 0 atom stereocenters. The Morgan fingerprint density at radius 3 is 1.95 bits per heavy atom. The fraction of sp³-hybridized carbons (Fsp3) is 1.00. The molecule has 0 saturated carbocycles. The summed E-state index contributed by atoms with van der Waals surface area (Å²) in [6, 6.07) is 0. The van der Waals surface area contributed by atoms with Gasteiger partial charge in [0.25, 0.3) is 0 Å². The monoisotopic (exact) mass is 274 g/mol. The minimum atomic E-state index is 0.156. The van der Waals surface area contributed by atoms with Gasteiger partial charge in [0, 0.05) is 26.2 Å². The Balaban J connectivity index is 4.47. The Hall–Kier alpha value is -0.160. The lowest BCUT2D eigenvalue weighted by Crippen LogP contribution is -2.45. The maximum atomic E-state index is 9.12. The summed E-state index contributed by atoms with van der Waals surface area (Å²) < 4.78 is 0. The van der Waals surface area contributed by atoms with Crippen LogP contribution in [0.25, 0.3) is 0 Å². The summed E-state index contributed by atoms with van der Waals surface area (Å²) in [5.74, 6) is 0.664. The zero-order chi connectivity index (χ0) is 14.7. The van der Waals surface area contributed by atoms with Crippen molar-refractivity contribution >= 4 is 0 Å². The minimum absolute atomic E-state index is 0.156. The molecule has 0 aromatic carbocycles. The van der Waals surface area contributed by atoms with Crippen LogP contribution < -0.4 is 5.32 Å². The van der Waals surface area contributed by atoms with Crippen LogP contribution in [0, 0.1) is 11.3 Å². The van der Waals surface area contributed by atoms with Crippen LogP contribution in [0.15, 0.2) is 0 Å². The molecule has 0 aliphatic heterocycles. The summed E-state index contributed by atoms with van der Waals surface area (Å²) in [4.78, 5) is 2.17. The quantitative estimate of drug-likeness (QED) is 0.502. The molecule has 0 radical (unpaired) electrons. The van der Waals surface area contributed by atoms with Crippen molar-refractivity contribution in [3.63, 3.8) is 0 Å². The molecule has 0 fully saturated rings. The van der Waals surface area contributed by atoms with Crippen molar-refractivity contribution < 1.29 is 10.2 Å². The smallest absolute Gasteiger partial charge is 0.0558 e. The fourth-order valence-corrected chi connectivity index (χ4v) is 2.43. The average Bonchev–Trinajstić information content (AvgIpc) is 2.37. The largest absolute Gasteiger partial charge is 0.395 e. The summed E-state index contributed by atoms with van der Waals surface area (Å²) in [6.07, 6.45) is 2.23. The summed E-state index contributed by atoms with van der Waals surface area (Å²) >= 11 is 0. The Morgan fingerprint density at radius 2 is 1.58 bits per heavy atom. The summed E-state index contributed by atoms with van der Waals surface area (Å²) in [5, 5.41) is 21.8. The maximum Gasteiger partial charge on any atom is 0.0558 e. The van der Waals surface area contributed by atoms with Crippen LogP contribution in [0.3, 0.4) is 0 Å². The summed E-state index contributed by atoms with van der Waals surface area (Å²) in [7, 11) is 0. The summed E-state index contributed by atoms with van der Waals surface area (Å²) in [5.41, 5.74) is 0.235. The fourth-order valence-electron chi connectivity index (χ4n) is 2.43. The predicted molar refractivity (Wildman–Crippen MR) is 81.3 cm³/mol. The van der Waals surface area contributed by atoms with Gasteiger partial charge in [0.2, 0.25) is 0 Å². The molecule has 3 N–H and O–H groups in total. The van der Waals surface area contributed by atoms with Crippen molar-refractivity contribution in [2.45, 2.75) is 40.5 Å². The Bertz CT molecular complexity index is 200. The van der Waals surface area contributed by atoms with Crippen molar-refractivity contribution in [1.82, 2.24) is 10.2 Å². The van der Waals surface area contributed by atoms with Gasteiger partial charge in [-0.05, 0) is 30.7 Å². The van der Waals surface area contributed by atoms with E-state index in [1.54, 1.807) is 0 Å². The highest BCUT2D eigenvalue weighted by Gasteiger charge is 2.28. The second kappa shape index (κ2) is 10.6. The van der Waals surface area contributed by atoms with Gasteiger partial charge < -0.3 is 15.5 Å². The first kappa shape index (κ1) is 18.8. The SMILES string of the molecule is CCC(CC)(CNCC(C)C)CN(CCO)CCO. The molecule has 0 aromatic rings. The Kier molecular flexibility index (Phi) is 10.5. The number of nitrogens with one attached hydrogen (secondary N) is 1. The van der Waals surface area contributed by atoms with Gasteiger partial charge in [-0.3, -0.25) is 4.90 Å². The molecular formula is C15H34N2O2. The molecule has 0 unspecified atom stereocenters. The van der Waals surface area contributed by atoms with E-state index in [0.717, 1.165) is 32.5 Å².